The number of halogens is 1. The Morgan fingerprint density at radius 2 is 2.12 bits per heavy atom. The number of hydrogen-bond donors (Lipinski definition) is 0. The summed E-state index contributed by atoms with van der Waals surface area (Å²) in [6.07, 6.45) is 7.04. The van der Waals surface area contributed by atoms with E-state index in [0.717, 1.165) is 17.0 Å². The van der Waals surface area contributed by atoms with Gasteiger partial charge in [-0.15, -0.1) is 0 Å². The molecule has 0 bridgehead atoms. The van der Waals surface area contributed by atoms with Gasteiger partial charge >= 0.3 is 0 Å². The zero-order valence-corrected chi connectivity index (χ0v) is 12.1. The molecule has 94 valence electrons. The molecule has 0 heterocycles. The normalized spacial score (nSPS) is 24.8. The van der Waals surface area contributed by atoms with E-state index in [1.54, 1.807) is 0 Å². The summed E-state index contributed by atoms with van der Waals surface area (Å²) in [5.74, 6) is 0.774. The Balaban J connectivity index is 1.88. The molecule has 0 spiro atoms. The van der Waals surface area contributed by atoms with Crippen molar-refractivity contribution in [3.05, 3.63) is 34.3 Å². The summed E-state index contributed by atoms with van der Waals surface area (Å²) in [5, 5.41) is 0. The van der Waals surface area contributed by atoms with Crippen LogP contribution in [0.3, 0.4) is 0 Å². The van der Waals surface area contributed by atoms with Crippen LogP contribution in [0.4, 0.5) is 0 Å². The molecule has 1 fully saturated rings. The molecule has 1 nitrogen and oxygen atoms in total. The Hall–Kier alpha value is -0.340. The molecule has 0 amide bonds. The smallest absolute Gasteiger partial charge is 0.0721 e. The van der Waals surface area contributed by atoms with E-state index >= 15 is 0 Å². The maximum absolute atomic E-state index is 6.11. The fraction of sp³-hybridized carbons (Fsp3) is 0.600. The Labute approximate surface area is 113 Å². The zero-order valence-electron chi connectivity index (χ0n) is 10.5. The first-order chi connectivity index (χ1) is 8.29. The third-order valence-corrected chi connectivity index (χ3v) is 4.21. The van der Waals surface area contributed by atoms with Crippen molar-refractivity contribution >= 4 is 15.9 Å². The molecule has 2 atom stereocenters. The predicted octanol–water partition coefficient (Wildman–Crippen LogP) is 4.93. The highest BCUT2D eigenvalue weighted by molar-refractivity contribution is 9.10. The van der Waals surface area contributed by atoms with E-state index < -0.39 is 0 Å². The molecule has 2 heteroatoms. The molecule has 1 saturated carbocycles. The highest BCUT2D eigenvalue weighted by Crippen LogP contribution is 2.29. The van der Waals surface area contributed by atoms with Crippen molar-refractivity contribution in [2.45, 2.75) is 51.7 Å². The fourth-order valence-electron chi connectivity index (χ4n) is 2.69. The lowest BCUT2D eigenvalue weighted by Gasteiger charge is -2.30. The van der Waals surface area contributed by atoms with Gasteiger partial charge in [0.2, 0.25) is 0 Å². The minimum Gasteiger partial charge on any atom is -0.373 e. The molecule has 1 aromatic rings. The first kappa shape index (κ1) is 13.1. The van der Waals surface area contributed by atoms with E-state index in [9.17, 15) is 0 Å². The van der Waals surface area contributed by atoms with Crippen molar-refractivity contribution in [2.75, 3.05) is 0 Å². The van der Waals surface area contributed by atoms with Gasteiger partial charge in [0.15, 0.2) is 0 Å². The van der Waals surface area contributed by atoms with Crippen LogP contribution in [0.25, 0.3) is 0 Å². The molecule has 0 aliphatic heterocycles. The molecule has 0 aromatic heterocycles. The quantitative estimate of drug-likeness (QED) is 0.765. The fourth-order valence-corrected chi connectivity index (χ4v) is 3.14. The summed E-state index contributed by atoms with van der Waals surface area (Å²) in [5.41, 5.74) is 1.26. The van der Waals surface area contributed by atoms with Gasteiger partial charge < -0.3 is 4.74 Å². The van der Waals surface area contributed by atoms with Gasteiger partial charge in [0.05, 0.1) is 12.7 Å². The van der Waals surface area contributed by atoms with Gasteiger partial charge in [-0.2, -0.15) is 0 Å². The minimum atomic E-state index is 0.479. The lowest BCUT2D eigenvalue weighted by atomic mass is 9.85. The summed E-state index contributed by atoms with van der Waals surface area (Å²) >= 11 is 3.50. The minimum absolute atomic E-state index is 0.479. The molecule has 0 radical (unpaired) electrons. The summed E-state index contributed by atoms with van der Waals surface area (Å²) in [7, 11) is 0. The van der Waals surface area contributed by atoms with Crippen molar-refractivity contribution < 1.29 is 4.74 Å². The monoisotopic (exact) mass is 296 g/mol. The van der Waals surface area contributed by atoms with Crippen molar-refractivity contribution in [1.82, 2.24) is 0 Å². The summed E-state index contributed by atoms with van der Waals surface area (Å²) in [6.45, 7) is 3.03. The average Bonchev–Trinajstić information content (AvgIpc) is 2.37. The van der Waals surface area contributed by atoms with Crippen LogP contribution in [-0.4, -0.2) is 6.10 Å². The number of rotatable bonds is 4. The molecular formula is C15H21BrO. The third-order valence-electron chi connectivity index (χ3n) is 3.72. The van der Waals surface area contributed by atoms with Crippen molar-refractivity contribution in [2.24, 2.45) is 5.92 Å². The van der Waals surface area contributed by atoms with Crippen molar-refractivity contribution in [3.63, 3.8) is 0 Å². The lowest BCUT2D eigenvalue weighted by molar-refractivity contribution is -0.0222. The van der Waals surface area contributed by atoms with Gasteiger partial charge in [-0.05, 0) is 36.5 Å². The molecule has 1 aliphatic rings. The van der Waals surface area contributed by atoms with E-state index in [4.69, 9.17) is 4.74 Å². The van der Waals surface area contributed by atoms with Crippen LogP contribution < -0.4 is 0 Å². The average molecular weight is 297 g/mol. The number of benzene rings is 1. The molecule has 2 rings (SSSR count). The van der Waals surface area contributed by atoms with Crippen LogP contribution in [0.2, 0.25) is 0 Å². The predicted molar refractivity (Wildman–Crippen MR) is 75.0 cm³/mol. The maximum atomic E-state index is 6.11. The molecule has 17 heavy (non-hydrogen) atoms. The second kappa shape index (κ2) is 6.55. The number of ether oxygens (including phenoxy) is 1. The zero-order chi connectivity index (χ0) is 12.1. The van der Waals surface area contributed by atoms with Crippen LogP contribution in [0.15, 0.2) is 28.7 Å². The molecule has 0 saturated heterocycles. The maximum Gasteiger partial charge on any atom is 0.0721 e. The Morgan fingerprint density at radius 3 is 2.88 bits per heavy atom. The lowest BCUT2D eigenvalue weighted by Crippen LogP contribution is -2.27. The standard InChI is InChI=1S/C15H21BrO/c1-2-13-7-3-4-9-15(13)17-11-12-6-5-8-14(16)10-12/h5-6,8,10,13,15H,2-4,7,9,11H2,1H3. The largest absolute Gasteiger partial charge is 0.373 e. The van der Waals surface area contributed by atoms with Gasteiger partial charge in [-0.3, -0.25) is 0 Å². The van der Waals surface area contributed by atoms with Gasteiger partial charge in [0.1, 0.15) is 0 Å². The van der Waals surface area contributed by atoms with E-state index in [-0.39, 0.29) is 0 Å². The first-order valence-electron chi connectivity index (χ1n) is 6.65. The summed E-state index contributed by atoms with van der Waals surface area (Å²) < 4.78 is 7.24. The summed E-state index contributed by atoms with van der Waals surface area (Å²) in [4.78, 5) is 0. The Kier molecular flexibility index (Phi) is 5.05. The molecule has 1 aromatic carbocycles. The van der Waals surface area contributed by atoms with Gasteiger partial charge in [-0.25, -0.2) is 0 Å². The van der Waals surface area contributed by atoms with Crippen molar-refractivity contribution in [1.29, 1.82) is 0 Å². The van der Waals surface area contributed by atoms with Crippen LogP contribution >= 0.6 is 15.9 Å². The Morgan fingerprint density at radius 1 is 1.29 bits per heavy atom. The van der Waals surface area contributed by atoms with Gasteiger partial charge in [0, 0.05) is 4.47 Å². The third kappa shape index (κ3) is 3.82. The summed E-state index contributed by atoms with van der Waals surface area (Å²) in [6, 6.07) is 8.40. The van der Waals surface area contributed by atoms with E-state index in [0.29, 0.717) is 6.10 Å². The van der Waals surface area contributed by atoms with Crippen molar-refractivity contribution in [3.8, 4) is 0 Å². The Bertz CT molecular complexity index is 351. The van der Waals surface area contributed by atoms with E-state index in [1.165, 1.54) is 37.7 Å². The van der Waals surface area contributed by atoms with E-state index in [2.05, 4.69) is 47.1 Å². The van der Waals surface area contributed by atoms with Gasteiger partial charge in [0.25, 0.3) is 0 Å². The molecular weight excluding hydrogens is 276 g/mol. The van der Waals surface area contributed by atoms with Crippen LogP contribution in [0, 0.1) is 5.92 Å². The molecule has 1 aliphatic carbocycles. The van der Waals surface area contributed by atoms with Crippen LogP contribution in [0.5, 0.6) is 0 Å². The van der Waals surface area contributed by atoms with Crippen LogP contribution in [-0.2, 0) is 11.3 Å². The number of hydrogen-bond acceptors (Lipinski definition) is 1. The SMILES string of the molecule is CCC1CCCCC1OCc1cccc(Br)c1. The molecule has 2 unspecified atom stereocenters. The highest BCUT2D eigenvalue weighted by atomic mass is 79.9. The van der Waals surface area contributed by atoms with E-state index in [1.807, 2.05) is 0 Å². The highest BCUT2D eigenvalue weighted by Gasteiger charge is 2.23. The molecule has 0 N–H and O–H groups in total. The van der Waals surface area contributed by atoms with Gasteiger partial charge in [-0.1, -0.05) is 54.2 Å². The van der Waals surface area contributed by atoms with Crippen LogP contribution in [0.1, 0.15) is 44.6 Å². The second-order valence-electron chi connectivity index (χ2n) is 4.93. The first-order valence-corrected chi connectivity index (χ1v) is 7.45. The topological polar surface area (TPSA) is 9.23 Å². The second-order valence-corrected chi connectivity index (χ2v) is 5.85.